The third-order valence-electron chi connectivity index (χ3n) is 6.44. The van der Waals surface area contributed by atoms with Crippen LogP contribution in [0.25, 0.3) is 0 Å². The second kappa shape index (κ2) is 10.5. The summed E-state index contributed by atoms with van der Waals surface area (Å²) < 4.78 is 5.56. The molecule has 31 heavy (non-hydrogen) atoms. The molecule has 0 unspecified atom stereocenters. The third kappa shape index (κ3) is 5.57. The Balaban J connectivity index is 1.62. The van der Waals surface area contributed by atoms with E-state index in [0.29, 0.717) is 31.8 Å². The van der Waals surface area contributed by atoms with Crippen molar-refractivity contribution in [3.63, 3.8) is 0 Å². The van der Waals surface area contributed by atoms with E-state index in [0.717, 1.165) is 25.4 Å². The molecule has 0 aliphatic carbocycles. The first-order valence-corrected chi connectivity index (χ1v) is 11.6. The van der Waals surface area contributed by atoms with Crippen molar-refractivity contribution in [2.45, 2.75) is 71.8 Å². The maximum Gasteiger partial charge on any atom is 0.245 e. The van der Waals surface area contributed by atoms with E-state index in [-0.39, 0.29) is 29.9 Å². The van der Waals surface area contributed by atoms with Crippen molar-refractivity contribution in [1.82, 2.24) is 20.4 Å². The minimum atomic E-state index is -0.383. The van der Waals surface area contributed by atoms with Gasteiger partial charge in [0.15, 0.2) is 0 Å². The Morgan fingerprint density at radius 1 is 1.26 bits per heavy atom. The Morgan fingerprint density at radius 3 is 2.65 bits per heavy atom. The Labute approximate surface area is 186 Å². The number of piperazine rings is 1. The zero-order valence-corrected chi connectivity index (χ0v) is 19.6. The summed E-state index contributed by atoms with van der Waals surface area (Å²) in [6, 6.07) is 5.70. The molecule has 1 aromatic carbocycles. The molecule has 1 aromatic rings. The van der Waals surface area contributed by atoms with Gasteiger partial charge in [0.1, 0.15) is 17.8 Å². The van der Waals surface area contributed by atoms with Gasteiger partial charge in [-0.3, -0.25) is 14.5 Å². The Hall–Kier alpha value is -2.12. The quantitative estimate of drug-likeness (QED) is 0.595. The van der Waals surface area contributed by atoms with Gasteiger partial charge in [0.25, 0.3) is 0 Å². The van der Waals surface area contributed by atoms with Crippen molar-refractivity contribution in [3.8, 4) is 5.75 Å². The van der Waals surface area contributed by atoms with Crippen molar-refractivity contribution in [3.05, 3.63) is 29.3 Å². The van der Waals surface area contributed by atoms with Gasteiger partial charge in [0.2, 0.25) is 11.8 Å². The average Bonchev–Trinajstić information content (AvgIpc) is 3.19. The number of carbonyl (C=O) groups is 2. The van der Waals surface area contributed by atoms with Gasteiger partial charge in [-0.25, -0.2) is 0 Å². The first-order valence-electron chi connectivity index (χ1n) is 11.6. The molecule has 2 saturated heterocycles. The summed E-state index contributed by atoms with van der Waals surface area (Å²) in [5.41, 5.74) is 2.36. The second-order valence-corrected chi connectivity index (χ2v) is 9.12. The van der Waals surface area contributed by atoms with Crippen molar-refractivity contribution < 1.29 is 14.3 Å². The van der Waals surface area contributed by atoms with Crippen molar-refractivity contribution in [1.29, 1.82) is 0 Å². The molecule has 2 aliphatic rings. The predicted octanol–water partition coefficient (Wildman–Crippen LogP) is 2.14. The molecule has 0 bridgehead atoms. The molecule has 2 amide bonds. The average molecular weight is 431 g/mol. The van der Waals surface area contributed by atoms with Crippen LogP contribution in [0, 0.1) is 5.92 Å². The predicted molar refractivity (Wildman–Crippen MR) is 122 cm³/mol. The highest BCUT2D eigenvalue weighted by Crippen LogP contribution is 2.26. The molecule has 3 atom stereocenters. The number of benzene rings is 1. The fourth-order valence-electron chi connectivity index (χ4n) is 4.65. The van der Waals surface area contributed by atoms with Crippen LogP contribution in [0.2, 0.25) is 0 Å². The fraction of sp³-hybridized carbons (Fsp3) is 0.667. The molecule has 2 aliphatic heterocycles. The summed E-state index contributed by atoms with van der Waals surface area (Å²) in [5, 5.41) is 6.50. The van der Waals surface area contributed by atoms with Gasteiger partial charge in [-0.2, -0.15) is 0 Å². The molecule has 2 fully saturated rings. The number of hydrogen-bond acceptors (Lipinski definition) is 5. The first kappa shape index (κ1) is 23.5. The van der Waals surface area contributed by atoms with E-state index in [1.54, 1.807) is 12.0 Å². The Morgan fingerprint density at radius 2 is 2.00 bits per heavy atom. The lowest BCUT2D eigenvalue weighted by Crippen LogP contribution is -2.61. The molecule has 0 spiro atoms. The van der Waals surface area contributed by atoms with Crippen LogP contribution in [0.5, 0.6) is 5.75 Å². The molecular formula is C24H38N4O3. The standard InChI is InChI=1S/C24H38N4O3/c1-6-27(7-2)14-18-11-17(8-9-22(18)31-5)13-25-19-12-21-23(29)26-20(10-16(3)4)24(30)28(21)15-19/h8-9,11,16,19-21,25H,6-7,10,12-15H2,1-5H3,(H,26,29)/t19-,20-,21-/m0/s1. The summed E-state index contributed by atoms with van der Waals surface area (Å²) in [5.74, 6) is 1.32. The molecule has 0 radical (unpaired) electrons. The molecule has 2 N–H and O–H groups in total. The van der Waals surface area contributed by atoms with Gasteiger partial charge in [0.05, 0.1) is 7.11 Å². The molecule has 7 heteroatoms. The second-order valence-electron chi connectivity index (χ2n) is 9.12. The Kier molecular flexibility index (Phi) is 7.94. The van der Waals surface area contributed by atoms with Crippen molar-refractivity contribution in [2.75, 3.05) is 26.7 Å². The van der Waals surface area contributed by atoms with Crippen LogP contribution in [0.1, 0.15) is 51.7 Å². The zero-order valence-electron chi connectivity index (χ0n) is 19.6. The van der Waals surface area contributed by atoms with Gasteiger partial charge in [0, 0.05) is 31.2 Å². The number of hydrogen-bond donors (Lipinski definition) is 2. The number of rotatable bonds is 10. The molecule has 3 rings (SSSR count). The smallest absolute Gasteiger partial charge is 0.245 e. The van der Waals surface area contributed by atoms with E-state index in [4.69, 9.17) is 4.74 Å². The summed E-state index contributed by atoms with van der Waals surface area (Å²) >= 11 is 0. The maximum absolute atomic E-state index is 12.8. The largest absolute Gasteiger partial charge is 0.496 e. The van der Waals surface area contributed by atoms with Crippen LogP contribution in [-0.2, 0) is 22.7 Å². The minimum Gasteiger partial charge on any atom is -0.496 e. The van der Waals surface area contributed by atoms with Gasteiger partial charge in [-0.1, -0.05) is 33.8 Å². The number of ether oxygens (including phenoxy) is 1. The topological polar surface area (TPSA) is 73.9 Å². The third-order valence-corrected chi connectivity index (χ3v) is 6.44. The number of carbonyl (C=O) groups excluding carboxylic acids is 2. The molecule has 0 aromatic heterocycles. The minimum absolute atomic E-state index is 0.0134. The SMILES string of the molecule is CCN(CC)Cc1cc(CN[C@H]2C[C@H]3C(=O)N[C@@H](CC(C)C)C(=O)N3C2)ccc1OC. The molecule has 2 heterocycles. The van der Waals surface area contributed by atoms with E-state index in [1.165, 1.54) is 11.1 Å². The van der Waals surface area contributed by atoms with E-state index in [1.807, 2.05) is 6.07 Å². The van der Waals surface area contributed by atoms with Crippen LogP contribution < -0.4 is 15.4 Å². The van der Waals surface area contributed by atoms with Crippen LogP contribution in [0.4, 0.5) is 0 Å². The fourth-order valence-corrected chi connectivity index (χ4v) is 4.65. The van der Waals surface area contributed by atoms with Gasteiger partial charge in [-0.05, 0) is 49.5 Å². The lowest BCUT2D eigenvalue weighted by molar-refractivity contribution is -0.147. The molecular weight excluding hydrogens is 392 g/mol. The van der Waals surface area contributed by atoms with Crippen LogP contribution in [0.3, 0.4) is 0 Å². The normalized spacial score (nSPS) is 23.5. The number of methoxy groups -OCH3 is 1. The van der Waals surface area contributed by atoms with Gasteiger partial charge in [-0.15, -0.1) is 0 Å². The van der Waals surface area contributed by atoms with Gasteiger partial charge >= 0.3 is 0 Å². The Bertz CT molecular complexity index is 778. The first-order chi connectivity index (χ1) is 14.9. The van der Waals surface area contributed by atoms with Crippen LogP contribution >= 0.6 is 0 Å². The van der Waals surface area contributed by atoms with E-state index in [2.05, 4.69) is 55.4 Å². The molecule has 172 valence electrons. The zero-order chi connectivity index (χ0) is 22.5. The molecule has 7 nitrogen and oxygen atoms in total. The van der Waals surface area contributed by atoms with Gasteiger partial charge < -0.3 is 20.3 Å². The summed E-state index contributed by atoms with van der Waals surface area (Å²) in [6.07, 6.45) is 1.35. The maximum atomic E-state index is 12.8. The highest BCUT2D eigenvalue weighted by molar-refractivity contribution is 5.97. The summed E-state index contributed by atoms with van der Waals surface area (Å²) in [7, 11) is 1.71. The highest BCUT2D eigenvalue weighted by Gasteiger charge is 2.46. The molecule has 0 saturated carbocycles. The number of nitrogens with zero attached hydrogens (tertiary/aromatic N) is 2. The summed E-state index contributed by atoms with van der Waals surface area (Å²) in [6.45, 7) is 12.6. The van der Waals surface area contributed by atoms with E-state index in [9.17, 15) is 9.59 Å². The number of nitrogens with one attached hydrogen (secondary N) is 2. The lowest BCUT2D eigenvalue weighted by atomic mass is 9.99. The number of fused-ring (bicyclic) bond motifs is 1. The van der Waals surface area contributed by atoms with E-state index >= 15 is 0 Å². The number of amides is 2. The van der Waals surface area contributed by atoms with Crippen molar-refractivity contribution >= 4 is 11.8 Å². The highest BCUT2D eigenvalue weighted by atomic mass is 16.5. The van der Waals surface area contributed by atoms with E-state index < -0.39 is 0 Å². The van der Waals surface area contributed by atoms with Crippen molar-refractivity contribution in [2.24, 2.45) is 5.92 Å². The van der Waals surface area contributed by atoms with Crippen LogP contribution in [-0.4, -0.2) is 66.5 Å². The summed E-state index contributed by atoms with van der Waals surface area (Å²) in [4.78, 5) is 29.5. The lowest BCUT2D eigenvalue weighted by Gasteiger charge is -2.35. The monoisotopic (exact) mass is 430 g/mol. The van der Waals surface area contributed by atoms with Crippen LogP contribution in [0.15, 0.2) is 18.2 Å².